The topological polar surface area (TPSA) is 118 Å². The van der Waals surface area contributed by atoms with E-state index in [0.29, 0.717) is 38.6 Å². The van der Waals surface area contributed by atoms with E-state index in [1.165, 1.54) is 0 Å². The van der Waals surface area contributed by atoms with Gasteiger partial charge in [-0.15, -0.1) is 0 Å². The quantitative estimate of drug-likeness (QED) is 0.338. The molecule has 0 aromatic rings. The average molecular weight is 459 g/mol. The van der Waals surface area contributed by atoms with Crippen LogP contribution in [0.5, 0.6) is 0 Å². The molecular weight excluding hydrogens is 420 g/mol. The molecule has 0 aromatic heterocycles. The Kier molecular flexibility index (Phi) is 6.34. The molecule has 31 heavy (non-hydrogen) atoms. The first-order valence-electron chi connectivity index (χ1n) is 11.9. The summed E-state index contributed by atoms with van der Waals surface area (Å²) in [6.07, 6.45) is 5.53. The van der Waals surface area contributed by atoms with Crippen LogP contribution in [0.15, 0.2) is 0 Å². The van der Waals surface area contributed by atoms with E-state index in [1.54, 1.807) is 0 Å². The summed E-state index contributed by atoms with van der Waals surface area (Å²) in [6, 6.07) is 0.190. The molecule has 0 amide bonds. The first-order chi connectivity index (χ1) is 14.9. The maximum absolute atomic E-state index is 13.3. The number of hydrogen-bond acceptors (Lipinski definition) is 9. The number of ether oxygens (including phenoxy) is 1. The monoisotopic (exact) mass is 458 g/mol. The van der Waals surface area contributed by atoms with Gasteiger partial charge in [0, 0.05) is 51.8 Å². The highest BCUT2D eigenvalue weighted by atomic mass is 32.2. The number of likely N-dealkylation sites (N-methyl/N-ethyl adjacent to an activating group) is 1. The minimum atomic E-state index is -3.44. The lowest BCUT2D eigenvalue weighted by molar-refractivity contribution is -0.0548. The predicted octanol–water partition coefficient (Wildman–Crippen LogP) is -1.44. The summed E-state index contributed by atoms with van der Waals surface area (Å²) >= 11 is 0. The van der Waals surface area contributed by atoms with Crippen LogP contribution in [0.4, 0.5) is 0 Å². The van der Waals surface area contributed by atoms with Crippen molar-refractivity contribution in [1.29, 1.82) is 0 Å². The molecule has 0 radical (unpaired) electrons. The number of nitrogens with zero attached hydrogens (tertiary/aromatic N) is 2. The first kappa shape index (κ1) is 22.4. The van der Waals surface area contributed by atoms with Crippen LogP contribution in [-0.4, -0.2) is 99.1 Å². The second-order valence-corrected chi connectivity index (χ2v) is 12.2. The van der Waals surface area contributed by atoms with Crippen LogP contribution in [0.1, 0.15) is 38.5 Å². The van der Waals surface area contributed by atoms with Gasteiger partial charge in [0.15, 0.2) is 0 Å². The van der Waals surface area contributed by atoms with Crippen molar-refractivity contribution in [2.24, 2.45) is 11.8 Å². The standard InChI is InChI=1S/C20H38N6O4S/c1-25-19-14(10-22-25)3-2-4-17(19)24-31(28,29)16-11-23-26(12-16)18-9-15(5-7-21-18)20(27)6-8-30-13-20/h14-19,21-24,27H,2-13H2,1H3/t14?,15?,16?,17?,18?,19?,20-/m1/s1. The molecule has 5 aliphatic rings. The van der Waals surface area contributed by atoms with Gasteiger partial charge in [-0.3, -0.25) is 10.9 Å². The van der Waals surface area contributed by atoms with Crippen molar-refractivity contribution in [3.63, 3.8) is 0 Å². The van der Waals surface area contributed by atoms with Crippen molar-refractivity contribution in [2.75, 3.05) is 46.4 Å². The third kappa shape index (κ3) is 4.41. The van der Waals surface area contributed by atoms with Crippen molar-refractivity contribution in [1.82, 2.24) is 30.9 Å². The molecule has 4 saturated heterocycles. The Morgan fingerprint density at radius 2 is 2.06 bits per heavy atom. The van der Waals surface area contributed by atoms with E-state index in [9.17, 15) is 13.5 Å². The number of rotatable bonds is 5. The molecule has 5 rings (SSSR count). The summed E-state index contributed by atoms with van der Waals surface area (Å²) in [5.74, 6) is 0.680. The van der Waals surface area contributed by atoms with Crippen LogP contribution in [0.3, 0.4) is 0 Å². The summed E-state index contributed by atoms with van der Waals surface area (Å²) in [6.45, 7) is 3.64. The highest BCUT2D eigenvalue weighted by Crippen LogP contribution is 2.35. The molecule has 6 unspecified atom stereocenters. The molecule has 10 nitrogen and oxygen atoms in total. The molecule has 4 heterocycles. The summed E-state index contributed by atoms with van der Waals surface area (Å²) in [5.41, 5.74) is 5.94. The number of hydrazine groups is 2. The Labute approximate surface area is 185 Å². The molecular formula is C20H38N6O4S. The van der Waals surface area contributed by atoms with Gasteiger partial charge in [0.1, 0.15) is 5.25 Å². The third-order valence-electron chi connectivity index (χ3n) is 8.26. The van der Waals surface area contributed by atoms with Gasteiger partial charge in [0.2, 0.25) is 10.0 Å². The second-order valence-electron chi connectivity index (χ2n) is 10.2. The lowest BCUT2D eigenvalue weighted by atomic mass is 9.79. The number of aliphatic hydroxyl groups is 1. The van der Waals surface area contributed by atoms with Crippen LogP contribution >= 0.6 is 0 Å². The Balaban J connectivity index is 1.20. The fraction of sp³-hybridized carbons (Fsp3) is 1.00. The zero-order valence-electron chi connectivity index (χ0n) is 18.4. The molecule has 7 atom stereocenters. The normalized spacial score (nSPS) is 45.2. The second kappa shape index (κ2) is 8.77. The van der Waals surface area contributed by atoms with Gasteiger partial charge in [-0.25, -0.2) is 23.2 Å². The Morgan fingerprint density at radius 3 is 2.87 bits per heavy atom. The van der Waals surface area contributed by atoms with E-state index < -0.39 is 20.9 Å². The SMILES string of the molecule is CN1NCC2CCCC(NS(=O)(=O)C3CNN(C4CC([C@@]5(O)CCOC5)CCN4)C3)C21. The van der Waals surface area contributed by atoms with Gasteiger partial charge in [0.05, 0.1) is 18.4 Å². The van der Waals surface area contributed by atoms with E-state index in [1.807, 2.05) is 12.1 Å². The maximum Gasteiger partial charge on any atom is 0.217 e. The molecule has 1 saturated carbocycles. The minimum absolute atomic E-state index is 0.0211. The number of sulfonamides is 1. The molecule has 0 aromatic carbocycles. The Hall–Kier alpha value is -0.370. The van der Waals surface area contributed by atoms with Gasteiger partial charge < -0.3 is 15.2 Å². The molecule has 5 fully saturated rings. The molecule has 5 N–H and O–H groups in total. The summed E-state index contributed by atoms with van der Waals surface area (Å²) in [4.78, 5) is 0. The highest BCUT2D eigenvalue weighted by Gasteiger charge is 2.46. The molecule has 0 bridgehead atoms. The maximum atomic E-state index is 13.3. The highest BCUT2D eigenvalue weighted by molar-refractivity contribution is 7.90. The minimum Gasteiger partial charge on any atom is -0.387 e. The lowest BCUT2D eigenvalue weighted by Gasteiger charge is -2.41. The van der Waals surface area contributed by atoms with Crippen molar-refractivity contribution < 1.29 is 18.3 Å². The van der Waals surface area contributed by atoms with Crippen LogP contribution in [0.25, 0.3) is 0 Å². The molecule has 4 aliphatic heterocycles. The first-order valence-corrected chi connectivity index (χ1v) is 13.4. The smallest absolute Gasteiger partial charge is 0.217 e. The van der Waals surface area contributed by atoms with Crippen LogP contribution in [0.2, 0.25) is 0 Å². The predicted molar refractivity (Wildman–Crippen MR) is 116 cm³/mol. The van der Waals surface area contributed by atoms with Crippen molar-refractivity contribution in [3.8, 4) is 0 Å². The van der Waals surface area contributed by atoms with Gasteiger partial charge in [0.25, 0.3) is 0 Å². The zero-order valence-corrected chi connectivity index (χ0v) is 19.2. The molecule has 178 valence electrons. The van der Waals surface area contributed by atoms with E-state index in [4.69, 9.17) is 4.74 Å². The summed E-state index contributed by atoms with van der Waals surface area (Å²) in [5, 5.41) is 18.1. The summed E-state index contributed by atoms with van der Waals surface area (Å²) < 4.78 is 35.0. The van der Waals surface area contributed by atoms with Crippen molar-refractivity contribution in [2.45, 2.75) is 67.6 Å². The zero-order chi connectivity index (χ0) is 21.6. The fourth-order valence-corrected chi connectivity index (χ4v) is 7.93. The Morgan fingerprint density at radius 1 is 1.19 bits per heavy atom. The van der Waals surface area contributed by atoms with Crippen molar-refractivity contribution in [3.05, 3.63) is 0 Å². The van der Waals surface area contributed by atoms with E-state index >= 15 is 0 Å². The lowest BCUT2D eigenvalue weighted by Crippen LogP contribution is -2.57. The van der Waals surface area contributed by atoms with Gasteiger partial charge in [-0.2, -0.15) is 0 Å². The third-order valence-corrected chi connectivity index (χ3v) is 10.1. The van der Waals surface area contributed by atoms with E-state index in [2.05, 4.69) is 25.9 Å². The fourth-order valence-electron chi connectivity index (χ4n) is 6.41. The van der Waals surface area contributed by atoms with E-state index in [-0.39, 0.29) is 24.2 Å². The number of nitrogens with one attached hydrogen (secondary N) is 4. The Bertz CT molecular complexity index is 746. The average Bonchev–Trinajstić information content (AvgIpc) is 3.49. The van der Waals surface area contributed by atoms with Gasteiger partial charge in [-0.1, -0.05) is 6.42 Å². The van der Waals surface area contributed by atoms with Crippen LogP contribution in [-0.2, 0) is 14.8 Å². The van der Waals surface area contributed by atoms with E-state index in [0.717, 1.165) is 45.2 Å². The van der Waals surface area contributed by atoms with Crippen LogP contribution < -0.4 is 20.9 Å². The number of piperidine rings is 1. The number of fused-ring (bicyclic) bond motifs is 1. The molecule has 11 heteroatoms. The molecule has 1 aliphatic carbocycles. The molecule has 0 spiro atoms. The summed E-state index contributed by atoms with van der Waals surface area (Å²) in [7, 11) is -1.42. The van der Waals surface area contributed by atoms with Gasteiger partial charge in [-0.05, 0) is 44.1 Å². The number of hydrogen-bond donors (Lipinski definition) is 5. The largest absolute Gasteiger partial charge is 0.387 e. The van der Waals surface area contributed by atoms with Crippen molar-refractivity contribution >= 4 is 10.0 Å². The van der Waals surface area contributed by atoms with Crippen LogP contribution in [0, 0.1) is 11.8 Å². The van der Waals surface area contributed by atoms with Gasteiger partial charge >= 0.3 is 0 Å².